The predicted octanol–water partition coefficient (Wildman–Crippen LogP) is 3.88. The molecule has 0 aliphatic rings. The maximum absolute atomic E-state index is 5.70. The lowest BCUT2D eigenvalue weighted by Gasteiger charge is -2.14. The summed E-state index contributed by atoms with van der Waals surface area (Å²) in [6.45, 7) is 7.75. The van der Waals surface area contributed by atoms with Crippen LogP contribution in [0.5, 0.6) is 5.75 Å². The number of nitrogens with zero attached hydrogens (tertiary/aromatic N) is 1. The largest absolute Gasteiger partial charge is 0.497 e. The van der Waals surface area contributed by atoms with Gasteiger partial charge in [0.2, 0.25) is 0 Å². The molecule has 0 fully saturated rings. The molecule has 0 aromatic heterocycles. The standard InChI is InChI=1S/C22H31N3O2/c1-4-14-27-17-20-9-7-6-8-19(20)16-25-22(23-5-2)24-15-18-10-12-21(26-3)13-11-18/h6-13H,4-5,14-17H2,1-3H3,(H2,23,24,25). The fourth-order valence-electron chi connectivity index (χ4n) is 2.62. The zero-order chi connectivity index (χ0) is 19.3. The Morgan fingerprint density at radius 3 is 2.37 bits per heavy atom. The Kier molecular flexibility index (Phi) is 9.21. The molecule has 5 nitrogen and oxygen atoms in total. The second-order valence-corrected chi connectivity index (χ2v) is 6.22. The first-order chi connectivity index (χ1) is 13.3. The van der Waals surface area contributed by atoms with E-state index in [4.69, 9.17) is 9.47 Å². The number of hydrogen-bond acceptors (Lipinski definition) is 3. The van der Waals surface area contributed by atoms with Crippen LogP contribution in [-0.4, -0.2) is 26.2 Å². The third-order valence-electron chi connectivity index (χ3n) is 4.09. The smallest absolute Gasteiger partial charge is 0.191 e. The zero-order valence-corrected chi connectivity index (χ0v) is 16.6. The van der Waals surface area contributed by atoms with Gasteiger partial charge in [-0.2, -0.15) is 0 Å². The van der Waals surface area contributed by atoms with Crippen molar-refractivity contribution >= 4 is 5.96 Å². The minimum Gasteiger partial charge on any atom is -0.497 e. The molecule has 0 unspecified atom stereocenters. The number of ether oxygens (including phenoxy) is 2. The highest BCUT2D eigenvalue weighted by Gasteiger charge is 2.04. The van der Waals surface area contributed by atoms with E-state index in [2.05, 4.69) is 53.7 Å². The zero-order valence-electron chi connectivity index (χ0n) is 16.6. The van der Waals surface area contributed by atoms with Crippen molar-refractivity contribution < 1.29 is 9.47 Å². The van der Waals surface area contributed by atoms with Gasteiger partial charge in [-0.15, -0.1) is 0 Å². The number of rotatable bonds is 10. The van der Waals surface area contributed by atoms with Crippen LogP contribution in [0, 0.1) is 0 Å². The number of nitrogens with one attached hydrogen (secondary N) is 2. The lowest BCUT2D eigenvalue weighted by Crippen LogP contribution is -2.37. The molecule has 0 radical (unpaired) electrons. The predicted molar refractivity (Wildman–Crippen MR) is 111 cm³/mol. The summed E-state index contributed by atoms with van der Waals surface area (Å²) in [5, 5.41) is 6.72. The van der Waals surface area contributed by atoms with Gasteiger partial charge in [0.15, 0.2) is 5.96 Å². The number of benzene rings is 2. The van der Waals surface area contributed by atoms with Crippen LogP contribution < -0.4 is 15.4 Å². The summed E-state index contributed by atoms with van der Waals surface area (Å²) < 4.78 is 10.9. The van der Waals surface area contributed by atoms with E-state index >= 15 is 0 Å². The van der Waals surface area contributed by atoms with E-state index in [1.165, 1.54) is 11.1 Å². The van der Waals surface area contributed by atoms with E-state index in [9.17, 15) is 0 Å². The fraction of sp³-hybridized carbons (Fsp3) is 0.409. The molecule has 2 aromatic rings. The van der Waals surface area contributed by atoms with Gasteiger partial charge in [-0.1, -0.05) is 43.3 Å². The molecular formula is C22H31N3O2. The van der Waals surface area contributed by atoms with Gasteiger partial charge in [0, 0.05) is 19.7 Å². The van der Waals surface area contributed by atoms with Gasteiger partial charge in [0.25, 0.3) is 0 Å². The van der Waals surface area contributed by atoms with E-state index < -0.39 is 0 Å². The van der Waals surface area contributed by atoms with E-state index in [0.29, 0.717) is 19.7 Å². The highest BCUT2D eigenvalue weighted by Crippen LogP contribution is 2.12. The molecule has 5 heteroatoms. The third kappa shape index (κ3) is 7.31. The Morgan fingerprint density at radius 1 is 0.963 bits per heavy atom. The molecular weight excluding hydrogens is 338 g/mol. The SMILES string of the molecule is CCCOCc1ccccc1CNC(=NCc1ccc(OC)cc1)NCC. The highest BCUT2D eigenvalue weighted by atomic mass is 16.5. The van der Waals surface area contributed by atoms with Crippen molar-refractivity contribution in [3.8, 4) is 5.75 Å². The van der Waals surface area contributed by atoms with Crippen LogP contribution in [0.25, 0.3) is 0 Å². The first kappa shape index (κ1) is 20.8. The van der Waals surface area contributed by atoms with Crippen LogP contribution in [0.3, 0.4) is 0 Å². The van der Waals surface area contributed by atoms with Crippen LogP contribution in [0.4, 0.5) is 0 Å². The molecule has 0 aliphatic carbocycles. The van der Waals surface area contributed by atoms with Gasteiger partial charge in [0.05, 0.1) is 20.3 Å². The topological polar surface area (TPSA) is 54.9 Å². The number of methoxy groups -OCH3 is 1. The van der Waals surface area contributed by atoms with Crippen LogP contribution in [0.1, 0.15) is 37.0 Å². The lowest BCUT2D eigenvalue weighted by atomic mass is 10.1. The minimum absolute atomic E-state index is 0.612. The number of hydrogen-bond donors (Lipinski definition) is 2. The molecule has 0 saturated heterocycles. The molecule has 146 valence electrons. The molecule has 0 spiro atoms. The molecule has 2 aromatic carbocycles. The van der Waals surface area contributed by atoms with Crippen LogP contribution in [-0.2, 0) is 24.4 Å². The first-order valence-corrected chi connectivity index (χ1v) is 9.56. The van der Waals surface area contributed by atoms with Gasteiger partial charge in [-0.25, -0.2) is 4.99 Å². The van der Waals surface area contributed by atoms with Gasteiger partial charge < -0.3 is 20.1 Å². The molecule has 2 N–H and O–H groups in total. The molecule has 0 amide bonds. The quantitative estimate of drug-likeness (QED) is 0.379. The summed E-state index contributed by atoms with van der Waals surface area (Å²) in [4.78, 5) is 4.68. The van der Waals surface area contributed by atoms with Crippen LogP contribution in [0.15, 0.2) is 53.5 Å². The average Bonchev–Trinajstić information content (AvgIpc) is 2.71. The van der Waals surface area contributed by atoms with Crippen LogP contribution in [0.2, 0.25) is 0 Å². The van der Waals surface area contributed by atoms with E-state index in [0.717, 1.165) is 36.8 Å². The Bertz CT molecular complexity index is 699. The van der Waals surface area contributed by atoms with Crippen molar-refractivity contribution in [2.75, 3.05) is 20.3 Å². The third-order valence-corrected chi connectivity index (χ3v) is 4.09. The molecule has 0 saturated carbocycles. The normalized spacial score (nSPS) is 11.3. The second-order valence-electron chi connectivity index (χ2n) is 6.22. The summed E-state index contributed by atoms with van der Waals surface area (Å²) in [7, 11) is 1.67. The van der Waals surface area contributed by atoms with Gasteiger partial charge in [-0.05, 0) is 42.2 Å². The Hall–Kier alpha value is -2.53. The van der Waals surface area contributed by atoms with E-state index in [-0.39, 0.29) is 0 Å². The van der Waals surface area contributed by atoms with Gasteiger partial charge in [-0.3, -0.25) is 0 Å². The Balaban J connectivity index is 1.97. The van der Waals surface area contributed by atoms with Crippen molar-refractivity contribution in [3.63, 3.8) is 0 Å². The summed E-state index contributed by atoms with van der Waals surface area (Å²) in [6.07, 6.45) is 1.03. The van der Waals surface area contributed by atoms with E-state index in [1.54, 1.807) is 7.11 Å². The lowest BCUT2D eigenvalue weighted by molar-refractivity contribution is 0.121. The van der Waals surface area contributed by atoms with Gasteiger partial charge >= 0.3 is 0 Å². The molecule has 2 rings (SSSR count). The van der Waals surface area contributed by atoms with Crippen molar-refractivity contribution in [1.82, 2.24) is 10.6 Å². The minimum atomic E-state index is 0.612. The molecule has 0 bridgehead atoms. The summed E-state index contributed by atoms with van der Waals surface area (Å²) in [5.74, 6) is 1.66. The Morgan fingerprint density at radius 2 is 1.70 bits per heavy atom. The molecule has 0 heterocycles. The average molecular weight is 370 g/mol. The highest BCUT2D eigenvalue weighted by molar-refractivity contribution is 5.79. The maximum atomic E-state index is 5.70. The van der Waals surface area contributed by atoms with Crippen molar-refractivity contribution in [3.05, 3.63) is 65.2 Å². The summed E-state index contributed by atoms with van der Waals surface area (Å²) >= 11 is 0. The summed E-state index contributed by atoms with van der Waals surface area (Å²) in [5.41, 5.74) is 3.58. The monoisotopic (exact) mass is 369 g/mol. The maximum Gasteiger partial charge on any atom is 0.191 e. The van der Waals surface area contributed by atoms with Gasteiger partial charge in [0.1, 0.15) is 5.75 Å². The van der Waals surface area contributed by atoms with Crippen molar-refractivity contribution in [2.24, 2.45) is 4.99 Å². The molecule has 0 aliphatic heterocycles. The van der Waals surface area contributed by atoms with Crippen molar-refractivity contribution in [1.29, 1.82) is 0 Å². The molecule has 27 heavy (non-hydrogen) atoms. The van der Waals surface area contributed by atoms with Crippen LogP contribution >= 0.6 is 0 Å². The molecule has 0 atom stereocenters. The number of guanidine groups is 1. The summed E-state index contributed by atoms with van der Waals surface area (Å²) in [6, 6.07) is 16.3. The van der Waals surface area contributed by atoms with E-state index in [1.807, 2.05) is 24.3 Å². The second kappa shape index (κ2) is 12.0. The number of aliphatic imine (C=N–C) groups is 1. The fourth-order valence-corrected chi connectivity index (χ4v) is 2.62. The Labute approximate surface area is 162 Å². The van der Waals surface area contributed by atoms with Crippen molar-refractivity contribution in [2.45, 2.75) is 40.0 Å². The first-order valence-electron chi connectivity index (χ1n) is 9.56.